The van der Waals surface area contributed by atoms with Crippen LogP contribution in [-0.2, 0) is 0 Å². The standard InChI is InChI=1S/C10H13N3O3/c1-12-5-4-8(12)7-16-9-2-3-10(11-6-9)13(14)15/h2-3,6,8H,4-5,7H2,1H3. The Balaban J connectivity index is 1.87. The minimum Gasteiger partial charge on any atom is -0.488 e. The summed E-state index contributed by atoms with van der Waals surface area (Å²) in [6, 6.07) is 3.37. The van der Waals surface area contributed by atoms with Gasteiger partial charge < -0.3 is 14.9 Å². The lowest BCUT2D eigenvalue weighted by Gasteiger charge is -2.37. The van der Waals surface area contributed by atoms with E-state index in [4.69, 9.17) is 4.74 Å². The van der Waals surface area contributed by atoms with Gasteiger partial charge in [0.1, 0.15) is 6.61 Å². The maximum absolute atomic E-state index is 10.4. The Hall–Kier alpha value is -1.69. The van der Waals surface area contributed by atoms with E-state index < -0.39 is 4.92 Å². The van der Waals surface area contributed by atoms with Crippen LogP contribution in [-0.4, -0.2) is 41.0 Å². The summed E-state index contributed by atoms with van der Waals surface area (Å²) in [7, 11) is 2.05. The fourth-order valence-electron chi connectivity index (χ4n) is 1.54. The van der Waals surface area contributed by atoms with Gasteiger partial charge in [0.2, 0.25) is 0 Å². The topological polar surface area (TPSA) is 68.5 Å². The van der Waals surface area contributed by atoms with Crippen LogP contribution in [0.1, 0.15) is 6.42 Å². The molecule has 1 saturated heterocycles. The van der Waals surface area contributed by atoms with Gasteiger partial charge in [-0.05, 0) is 36.0 Å². The first-order valence-corrected chi connectivity index (χ1v) is 5.10. The molecule has 0 aliphatic carbocycles. The summed E-state index contributed by atoms with van der Waals surface area (Å²) < 4.78 is 5.49. The van der Waals surface area contributed by atoms with Crippen molar-refractivity contribution in [2.45, 2.75) is 12.5 Å². The van der Waals surface area contributed by atoms with Crippen molar-refractivity contribution in [1.29, 1.82) is 0 Å². The van der Waals surface area contributed by atoms with E-state index in [0.717, 1.165) is 13.0 Å². The molecule has 0 bridgehead atoms. The van der Waals surface area contributed by atoms with Gasteiger partial charge in [-0.25, -0.2) is 0 Å². The second-order valence-electron chi connectivity index (χ2n) is 3.84. The van der Waals surface area contributed by atoms with Gasteiger partial charge in [0, 0.05) is 12.1 Å². The molecule has 1 aromatic heterocycles. The summed E-state index contributed by atoms with van der Waals surface area (Å²) in [5, 5.41) is 10.4. The lowest BCUT2D eigenvalue weighted by atomic mass is 10.1. The SMILES string of the molecule is CN1CCC1COc1ccc([N+](=O)[O-])nc1. The van der Waals surface area contributed by atoms with Gasteiger partial charge in [0.25, 0.3) is 0 Å². The van der Waals surface area contributed by atoms with Crippen molar-refractivity contribution in [2.75, 3.05) is 20.2 Å². The molecule has 6 heteroatoms. The van der Waals surface area contributed by atoms with E-state index in [1.54, 1.807) is 6.07 Å². The molecular weight excluding hydrogens is 210 g/mol. The molecule has 0 amide bonds. The number of hydrogen-bond acceptors (Lipinski definition) is 5. The Morgan fingerprint density at radius 2 is 2.50 bits per heavy atom. The number of aromatic nitrogens is 1. The van der Waals surface area contributed by atoms with E-state index in [1.807, 2.05) is 7.05 Å². The second kappa shape index (κ2) is 4.44. The largest absolute Gasteiger partial charge is 0.488 e. The molecule has 0 N–H and O–H groups in total. The van der Waals surface area contributed by atoms with E-state index in [-0.39, 0.29) is 5.82 Å². The van der Waals surface area contributed by atoms with E-state index in [2.05, 4.69) is 9.88 Å². The number of likely N-dealkylation sites (N-methyl/N-ethyl adjacent to an activating group) is 1. The normalized spacial score (nSPS) is 20.2. The number of nitro groups is 1. The van der Waals surface area contributed by atoms with Crippen LogP contribution in [0.4, 0.5) is 5.82 Å². The summed E-state index contributed by atoms with van der Waals surface area (Å²) in [5.41, 5.74) is 0. The van der Waals surface area contributed by atoms with Crippen LogP contribution >= 0.6 is 0 Å². The van der Waals surface area contributed by atoms with Crippen molar-refractivity contribution in [1.82, 2.24) is 9.88 Å². The molecule has 0 radical (unpaired) electrons. The molecule has 1 aliphatic rings. The number of nitrogens with zero attached hydrogens (tertiary/aromatic N) is 3. The van der Waals surface area contributed by atoms with Gasteiger partial charge in [0.05, 0.1) is 0 Å². The Kier molecular flexibility index (Phi) is 3.00. The highest BCUT2D eigenvalue weighted by Crippen LogP contribution is 2.18. The molecule has 16 heavy (non-hydrogen) atoms. The number of likely N-dealkylation sites (tertiary alicyclic amines) is 1. The third kappa shape index (κ3) is 2.27. The predicted octanol–water partition coefficient (Wildman–Crippen LogP) is 1.07. The highest BCUT2D eigenvalue weighted by Gasteiger charge is 2.24. The van der Waals surface area contributed by atoms with Crippen LogP contribution < -0.4 is 4.74 Å². The Morgan fingerprint density at radius 3 is 2.94 bits per heavy atom. The summed E-state index contributed by atoms with van der Waals surface area (Å²) in [6.07, 6.45) is 2.52. The summed E-state index contributed by atoms with van der Waals surface area (Å²) in [4.78, 5) is 15.7. The van der Waals surface area contributed by atoms with Crippen LogP contribution in [0.3, 0.4) is 0 Å². The highest BCUT2D eigenvalue weighted by molar-refractivity contribution is 5.26. The van der Waals surface area contributed by atoms with Crippen molar-refractivity contribution in [3.05, 3.63) is 28.4 Å². The minimum absolute atomic E-state index is 0.159. The predicted molar refractivity (Wildman–Crippen MR) is 57.4 cm³/mol. The van der Waals surface area contributed by atoms with Crippen LogP contribution in [0.5, 0.6) is 5.75 Å². The van der Waals surface area contributed by atoms with Gasteiger partial charge >= 0.3 is 5.82 Å². The second-order valence-corrected chi connectivity index (χ2v) is 3.84. The molecule has 1 atom stereocenters. The molecule has 1 aromatic rings. The zero-order valence-corrected chi connectivity index (χ0v) is 9.00. The molecule has 0 spiro atoms. The first-order valence-electron chi connectivity index (χ1n) is 5.10. The Bertz CT molecular complexity index is 379. The number of hydrogen-bond donors (Lipinski definition) is 0. The summed E-state index contributed by atoms with van der Waals surface area (Å²) in [6.45, 7) is 1.71. The van der Waals surface area contributed by atoms with E-state index in [1.165, 1.54) is 12.3 Å². The van der Waals surface area contributed by atoms with Gasteiger partial charge in [-0.2, -0.15) is 0 Å². The van der Waals surface area contributed by atoms with Crippen molar-refractivity contribution < 1.29 is 9.66 Å². The summed E-state index contributed by atoms with van der Waals surface area (Å²) >= 11 is 0. The van der Waals surface area contributed by atoms with Gasteiger partial charge in [-0.3, -0.25) is 4.90 Å². The van der Waals surface area contributed by atoms with Gasteiger partial charge in [-0.15, -0.1) is 0 Å². The van der Waals surface area contributed by atoms with Crippen LogP contribution in [0.25, 0.3) is 0 Å². The molecule has 0 saturated carbocycles. The van der Waals surface area contributed by atoms with Crippen molar-refractivity contribution in [3.8, 4) is 5.75 Å². The van der Waals surface area contributed by atoms with E-state index >= 15 is 0 Å². The molecule has 86 valence electrons. The van der Waals surface area contributed by atoms with Crippen molar-refractivity contribution >= 4 is 5.82 Å². The monoisotopic (exact) mass is 223 g/mol. The van der Waals surface area contributed by atoms with E-state index in [0.29, 0.717) is 18.4 Å². The van der Waals surface area contributed by atoms with Crippen molar-refractivity contribution in [3.63, 3.8) is 0 Å². The molecule has 6 nitrogen and oxygen atoms in total. The van der Waals surface area contributed by atoms with Crippen LogP contribution in [0, 0.1) is 10.1 Å². The molecule has 0 aromatic carbocycles. The number of rotatable bonds is 4. The lowest BCUT2D eigenvalue weighted by molar-refractivity contribution is -0.389. The third-order valence-electron chi connectivity index (χ3n) is 2.79. The molecule has 1 fully saturated rings. The first-order chi connectivity index (χ1) is 7.66. The Morgan fingerprint density at radius 1 is 1.69 bits per heavy atom. The molecular formula is C10H13N3O3. The maximum Gasteiger partial charge on any atom is 0.363 e. The van der Waals surface area contributed by atoms with Gasteiger partial charge in [-0.1, -0.05) is 0 Å². The maximum atomic E-state index is 10.4. The Labute approximate surface area is 93.0 Å². The lowest BCUT2D eigenvalue weighted by Crippen LogP contribution is -2.48. The fourth-order valence-corrected chi connectivity index (χ4v) is 1.54. The minimum atomic E-state index is -0.524. The smallest absolute Gasteiger partial charge is 0.363 e. The molecule has 1 aliphatic heterocycles. The highest BCUT2D eigenvalue weighted by atomic mass is 16.6. The average Bonchev–Trinajstić information content (AvgIpc) is 2.28. The van der Waals surface area contributed by atoms with Crippen LogP contribution in [0.15, 0.2) is 18.3 Å². The molecule has 2 rings (SSSR count). The van der Waals surface area contributed by atoms with Crippen LogP contribution in [0.2, 0.25) is 0 Å². The third-order valence-corrected chi connectivity index (χ3v) is 2.79. The summed E-state index contributed by atoms with van der Waals surface area (Å²) in [5.74, 6) is 0.416. The molecule has 1 unspecified atom stereocenters. The molecule has 2 heterocycles. The first kappa shape index (κ1) is 10.8. The van der Waals surface area contributed by atoms with Gasteiger partial charge in [0.15, 0.2) is 11.9 Å². The fraction of sp³-hybridized carbons (Fsp3) is 0.500. The van der Waals surface area contributed by atoms with Crippen molar-refractivity contribution in [2.24, 2.45) is 0 Å². The zero-order valence-electron chi connectivity index (χ0n) is 9.00. The number of ether oxygens (including phenoxy) is 1. The quantitative estimate of drug-likeness (QED) is 0.564. The average molecular weight is 223 g/mol. The zero-order chi connectivity index (χ0) is 11.5. The number of pyridine rings is 1. The van der Waals surface area contributed by atoms with E-state index in [9.17, 15) is 10.1 Å².